The van der Waals surface area contributed by atoms with Crippen molar-refractivity contribution in [3.05, 3.63) is 56.5 Å². The van der Waals surface area contributed by atoms with E-state index in [4.69, 9.17) is 0 Å². The van der Waals surface area contributed by atoms with Crippen molar-refractivity contribution in [3.63, 3.8) is 0 Å². The van der Waals surface area contributed by atoms with Crippen molar-refractivity contribution in [3.8, 4) is 11.1 Å². The molecule has 1 spiro atoms. The predicted molar refractivity (Wildman–Crippen MR) is 97.6 cm³/mol. The van der Waals surface area contributed by atoms with Gasteiger partial charge in [0.1, 0.15) is 4.08 Å². The lowest BCUT2D eigenvalue weighted by atomic mass is 10.1. The van der Waals surface area contributed by atoms with Crippen molar-refractivity contribution >= 4 is 55.4 Å². The average Bonchev–Trinajstić information content (AvgIpc) is 2.70. The molecule has 0 atom stereocenters. The summed E-state index contributed by atoms with van der Waals surface area (Å²) in [5.74, 6) is 2.48. The number of halogens is 2. The molecule has 1 fully saturated rings. The minimum atomic E-state index is 0.0937. The molecule has 0 bridgehead atoms. The van der Waals surface area contributed by atoms with Gasteiger partial charge in [0.25, 0.3) is 0 Å². The van der Waals surface area contributed by atoms with E-state index in [0.717, 1.165) is 0 Å². The molecule has 1 aliphatic carbocycles. The highest BCUT2D eigenvalue weighted by molar-refractivity contribution is 9.10. The van der Waals surface area contributed by atoms with Crippen LogP contribution >= 0.6 is 55.4 Å². The summed E-state index contributed by atoms with van der Waals surface area (Å²) >= 11 is 11.5. The van der Waals surface area contributed by atoms with Crippen LogP contribution in [0, 0.1) is 0 Å². The molecule has 2 aromatic carbocycles. The third kappa shape index (κ3) is 1.95. The zero-order valence-corrected chi connectivity index (χ0v) is 15.5. The van der Waals surface area contributed by atoms with E-state index in [1.54, 1.807) is 0 Å². The maximum absolute atomic E-state index is 3.65. The van der Waals surface area contributed by atoms with Crippen LogP contribution in [-0.2, 0) is 4.08 Å². The molecule has 0 nitrogen and oxygen atoms in total. The molecule has 1 saturated heterocycles. The topological polar surface area (TPSA) is 0 Å². The lowest BCUT2D eigenvalue weighted by Crippen LogP contribution is -2.21. The summed E-state index contributed by atoms with van der Waals surface area (Å²) < 4.78 is 2.44. The van der Waals surface area contributed by atoms with Crippen LogP contribution in [0.5, 0.6) is 0 Å². The molecule has 0 saturated carbocycles. The summed E-state index contributed by atoms with van der Waals surface area (Å²) in [6.07, 6.45) is 1.31. The van der Waals surface area contributed by atoms with Crippen LogP contribution in [0.3, 0.4) is 0 Å². The Morgan fingerprint density at radius 3 is 1.80 bits per heavy atom. The highest BCUT2D eigenvalue weighted by Crippen LogP contribution is 2.63. The lowest BCUT2D eigenvalue weighted by Gasteiger charge is -2.34. The highest BCUT2D eigenvalue weighted by atomic mass is 79.9. The fourth-order valence-corrected chi connectivity index (χ4v) is 7.22. The van der Waals surface area contributed by atoms with E-state index in [0.29, 0.717) is 0 Å². The Kier molecular flexibility index (Phi) is 3.49. The van der Waals surface area contributed by atoms with Crippen LogP contribution in [0.4, 0.5) is 0 Å². The van der Waals surface area contributed by atoms with Gasteiger partial charge in [-0.2, -0.15) is 0 Å². The lowest BCUT2D eigenvalue weighted by molar-refractivity contribution is 1.03. The monoisotopic (exact) mass is 426 g/mol. The summed E-state index contributed by atoms with van der Waals surface area (Å²) in [6, 6.07) is 13.5. The molecule has 0 aromatic heterocycles. The van der Waals surface area contributed by atoms with E-state index in [9.17, 15) is 0 Å². The molecule has 0 unspecified atom stereocenters. The van der Waals surface area contributed by atoms with E-state index in [1.807, 2.05) is 0 Å². The SMILES string of the molecule is Brc1ccc2c(c1)C1(SCCCS1)c1cc(Br)ccc1-2. The van der Waals surface area contributed by atoms with Crippen LogP contribution in [-0.4, -0.2) is 11.5 Å². The normalized spacial score (nSPS) is 18.9. The van der Waals surface area contributed by atoms with Gasteiger partial charge in [-0.25, -0.2) is 0 Å². The molecule has 2 aliphatic rings. The summed E-state index contributed by atoms with van der Waals surface area (Å²) in [7, 11) is 0. The molecular weight excluding hydrogens is 416 g/mol. The molecule has 4 heteroatoms. The minimum absolute atomic E-state index is 0.0937. The Bertz CT molecular complexity index is 637. The third-order valence-electron chi connectivity index (χ3n) is 3.86. The fraction of sp³-hybridized carbons (Fsp3) is 0.250. The molecule has 4 rings (SSSR count). The molecule has 2 aromatic rings. The first-order valence-electron chi connectivity index (χ1n) is 6.59. The largest absolute Gasteiger partial charge is 0.135 e. The summed E-state index contributed by atoms with van der Waals surface area (Å²) in [5, 5.41) is 0. The van der Waals surface area contributed by atoms with Gasteiger partial charge in [-0.1, -0.05) is 44.0 Å². The molecular formula is C16H12Br2S2. The highest BCUT2D eigenvalue weighted by Gasteiger charge is 2.45. The second-order valence-electron chi connectivity index (χ2n) is 5.05. The van der Waals surface area contributed by atoms with Crippen LogP contribution in [0.1, 0.15) is 17.5 Å². The first kappa shape index (κ1) is 13.7. The Morgan fingerprint density at radius 1 is 0.800 bits per heavy atom. The smallest absolute Gasteiger partial charge is 0.113 e. The zero-order chi connectivity index (χ0) is 13.7. The third-order valence-corrected chi connectivity index (χ3v) is 8.23. The molecule has 20 heavy (non-hydrogen) atoms. The first-order chi connectivity index (χ1) is 9.71. The van der Waals surface area contributed by atoms with E-state index >= 15 is 0 Å². The number of fused-ring (bicyclic) bond motifs is 5. The molecule has 0 radical (unpaired) electrons. The standard InChI is InChI=1S/C16H12Br2S2/c17-10-2-4-12-13-5-3-11(18)9-15(13)16(14(12)8-10)19-6-1-7-20-16/h2-5,8-9H,1,6-7H2. The molecule has 102 valence electrons. The Hall–Kier alpha value is 0.1000. The summed E-state index contributed by atoms with van der Waals surface area (Å²) in [6.45, 7) is 0. The molecule has 0 amide bonds. The number of rotatable bonds is 0. The van der Waals surface area contributed by atoms with Gasteiger partial charge < -0.3 is 0 Å². The predicted octanol–water partition coefficient (Wildman–Crippen LogP) is 6.26. The van der Waals surface area contributed by atoms with Crippen molar-refractivity contribution in [2.24, 2.45) is 0 Å². The van der Waals surface area contributed by atoms with E-state index in [2.05, 4.69) is 91.8 Å². The Morgan fingerprint density at radius 2 is 1.30 bits per heavy atom. The van der Waals surface area contributed by atoms with Crippen molar-refractivity contribution in [2.45, 2.75) is 10.5 Å². The van der Waals surface area contributed by atoms with Gasteiger partial charge in [0.15, 0.2) is 0 Å². The quantitative estimate of drug-likeness (QED) is 0.486. The van der Waals surface area contributed by atoms with Crippen LogP contribution in [0.15, 0.2) is 45.3 Å². The maximum Gasteiger partial charge on any atom is 0.113 e. The number of hydrogen-bond acceptors (Lipinski definition) is 2. The fourth-order valence-electron chi connectivity index (χ4n) is 3.04. The Labute approximate surface area is 144 Å². The summed E-state index contributed by atoms with van der Waals surface area (Å²) in [4.78, 5) is 0. The van der Waals surface area contributed by atoms with Crippen LogP contribution in [0.25, 0.3) is 11.1 Å². The van der Waals surface area contributed by atoms with Crippen molar-refractivity contribution in [1.29, 1.82) is 0 Å². The minimum Gasteiger partial charge on any atom is -0.135 e. The maximum atomic E-state index is 3.65. The summed E-state index contributed by atoms with van der Waals surface area (Å²) in [5.41, 5.74) is 5.74. The van der Waals surface area contributed by atoms with Crippen LogP contribution in [0.2, 0.25) is 0 Å². The van der Waals surface area contributed by atoms with Crippen molar-refractivity contribution in [2.75, 3.05) is 11.5 Å². The van der Waals surface area contributed by atoms with E-state index in [-0.39, 0.29) is 4.08 Å². The number of benzene rings is 2. The van der Waals surface area contributed by atoms with Crippen molar-refractivity contribution in [1.82, 2.24) is 0 Å². The second-order valence-corrected chi connectivity index (χ2v) is 9.76. The van der Waals surface area contributed by atoms with Gasteiger partial charge in [0.05, 0.1) is 0 Å². The number of hydrogen-bond donors (Lipinski definition) is 0. The van der Waals surface area contributed by atoms with Gasteiger partial charge in [0, 0.05) is 8.95 Å². The van der Waals surface area contributed by atoms with Crippen molar-refractivity contribution < 1.29 is 0 Å². The van der Waals surface area contributed by atoms with Gasteiger partial charge >= 0.3 is 0 Å². The molecule has 0 N–H and O–H groups in total. The first-order valence-corrected chi connectivity index (χ1v) is 10.1. The Balaban J connectivity index is 2.03. The van der Waals surface area contributed by atoms with Gasteiger partial charge in [-0.3, -0.25) is 0 Å². The van der Waals surface area contributed by atoms with Gasteiger partial charge in [0.2, 0.25) is 0 Å². The van der Waals surface area contributed by atoms with Gasteiger partial charge in [-0.05, 0) is 64.4 Å². The van der Waals surface area contributed by atoms with E-state index < -0.39 is 0 Å². The second kappa shape index (κ2) is 5.08. The number of thioether (sulfide) groups is 2. The molecule has 1 heterocycles. The average molecular weight is 428 g/mol. The van der Waals surface area contributed by atoms with E-state index in [1.165, 1.54) is 49.1 Å². The van der Waals surface area contributed by atoms with Crippen LogP contribution < -0.4 is 0 Å². The zero-order valence-electron chi connectivity index (χ0n) is 10.7. The van der Waals surface area contributed by atoms with Gasteiger partial charge in [-0.15, -0.1) is 23.5 Å². The molecule has 1 aliphatic heterocycles.